The van der Waals surface area contributed by atoms with Crippen molar-refractivity contribution in [3.05, 3.63) is 36.2 Å². The Morgan fingerprint density at radius 2 is 1.91 bits per heavy atom. The molecule has 1 fully saturated rings. The van der Waals surface area contributed by atoms with Crippen molar-refractivity contribution < 1.29 is 18.3 Å². The molecular weight excluding hydrogens is 316 g/mol. The van der Waals surface area contributed by atoms with E-state index in [1.165, 1.54) is 6.07 Å². The number of nitrogens with one attached hydrogen (secondary N) is 1. The summed E-state index contributed by atoms with van der Waals surface area (Å²) in [6.07, 6.45) is 1.81. The number of fused-ring (bicyclic) bond motifs is 1. The molecule has 1 saturated carbocycles. The number of hydrogen-bond donors (Lipinski definition) is 2. The third-order valence-corrected chi connectivity index (χ3v) is 6.22. The van der Waals surface area contributed by atoms with Gasteiger partial charge in [0, 0.05) is 22.7 Å². The van der Waals surface area contributed by atoms with Gasteiger partial charge in [0.25, 0.3) is 0 Å². The molecule has 3 rings (SSSR count). The number of rotatable bonds is 4. The fourth-order valence-corrected chi connectivity index (χ4v) is 4.77. The number of carboxylic acid groups (broad SMARTS) is 1. The third-order valence-electron chi connectivity index (χ3n) is 4.67. The minimum Gasteiger partial charge on any atom is -0.480 e. The van der Waals surface area contributed by atoms with E-state index in [1.54, 1.807) is 45.2 Å². The van der Waals surface area contributed by atoms with Crippen LogP contribution in [0.5, 0.6) is 0 Å². The van der Waals surface area contributed by atoms with Crippen LogP contribution in [0, 0.1) is 12.3 Å². The Balaban J connectivity index is 2.12. The van der Waals surface area contributed by atoms with Gasteiger partial charge in [0.2, 0.25) is 10.0 Å². The molecule has 23 heavy (non-hydrogen) atoms. The zero-order chi connectivity index (χ0) is 17.0. The summed E-state index contributed by atoms with van der Waals surface area (Å²) in [5, 5.41) is 10.7. The van der Waals surface area contributed by atoms with Crippen molar-refractivity contribution in [3.8, 4) is 0 Å². The average molecular weight is 334 g/mol. The summed E-state index contributed by atoms with van der Waals surface area (Å²) in [6, 6.07) is 6.54. The number of carboxylic acids is 1. The van der Waals surface area contributed by atoms with Crippen LogP contribution < -0.4 is 4.72 Å². The molecule has 6 nitrogen and oxygen atoms in total. The van der Waals surface area contributed by atoms with Crippen LogP contribution in [-0.4, -0.2) is 30.0 Å². The quantitative estimate of drug-likeness (QED) is 0.892. The van der Waals surface area contributed by atoms with Gasteiger partial charge >= 0.3 is 5.97 Å². The molecule has 1 atom stereocenters. The smallest absolute Gasteiger partial charge is 0.325 e. The first-order valence-electron chi connectivity index (χ1n) is 7.22. The highest BCUT2D eigenvalue weighted by atomic mass is 32.2. The first kappa shape index (κ1) is 15.9. The second-order valence-electron chi connectivity index (χ2n) is 6.62. The van der Waals surface area contributed by atoms with Crippen LogP contribution in [0.3, 0.4) is 0 Å². The van der Waals surface area contributed by atoms with Gasteiger partial charge in [-0.2, -0.15) is 4.72 Å². The molecule has 1 aromatic heterocycles. The van der Waals surface area contributed by atoms with E-state index in [4.69, 9.17) is 0 Å². The maximum absolute atomic E-state index is 12.8. The molecule has 2 N–H and O–H groups in total. The molecule has 0 amide bonds. The molecule has 1 heterocycles. The molecule has 1 aliphatic rings. The number of aryl methyl sites for hydroxylation is 1. The van der Waals surface area contributed by atoms with Gasteiger partial charge in [-0.25, -0.2) is 8.42 Å². The third kappa shape index (κ3) is 2.31. The minimum absolute atomic E-state index is 0.0730. The zero-order valence-electron chi connectivity index (χ0n) is 13.1. The van der Waals surface area contributed by atoms with Gasteiger partial charge in [0.05, 0.1) is 4.90 Å². The lowest BCUT2D eigenvalue weighted by Crippen LogP contribution is -2.46. The lowest BCUT2D eigenvalue weighted by molar-refractivity contribution is -0.141. The van der Waals surface area contributed by atoms with Crippen molar-refractivity contribution in [1.29, 1.82) is 0 Å². The monoisotopic (exact) mass is 334 g/mol. The van der Waals surface area contributed by atoms with Gasteiger partial charge in [-0.15, -0.1) is 0 Å². The maximum Gasteiger partial charge on any atom is 0.325 e. The molecular formula is C16H18N2O4S. The fraction of sp³-hybridized carbons (Fsp3) is 0.375. The Bertz CT molecular complexity index is 921. The molecule has 2 aromatic rings. The Kier molecular flexibility index (Phi) is 3.28. The second kappa shape index (κ2) is 4.75. The largest absolute Gasteiger partial charge is 0.480 e. The Labute approximate surface area is 134 Å². The lowest BCUT2D eigenvalue weighted by Gasteiger charge is -2.18. The fourth-order valence-electron chi connectivity index (χ4n) is 3.04. The van der Waals surface area contributed by atoms with E-state index >= 15 is 0 Å². The van der Waals surface area contributed by atoms with E-state index in [0.29, 0.717) is 5.39 Å². The number of aliphatic carboxylic acids is 1. The van der Waals surface area contributed by atoms with Crippen molar-refractivity contribution >= 4 is 26.8 Å². The molecule has 1 aromatic carbocycles. The van der Waals surface area contributed by atoms with Crippen LogP contribution >= 0.6 is 0 Å². The SMILES string of the molecule is Cc1nccc2c(S(=O)(=O)NC3(C(=O)O)CC3(C)C)cccc12. The van der Waals surface area contributed by atoms with Gasteiger partial charge in [-0.05, 0) is 30.9 Å². The molecule has 1 unspecified atom stereocenters. The number of aromatic nitrogens is 1. The Morgan fingerprint density at radius 3 is 2.48 bits per heavy atom. The first-order valence-corrected chi connectivity index (χ1v) is 8.71. The topological polar surface area (TPSA) is 96.4 Å². The summed E-state index contributed by atoms with van der Waals surface area (Å²) in [5.74, 6) is -1.15. The number of carbonyl (C=O) groups is 1. The van der Waals surface area contributed by atoms with Crippen LogP contribution in [0.1, 0.15) is 26.0 Å². The normalized spacial score (nSPS) is 22.9. The van der Waals surface area contributed by atoms with Gasteiger partial charge in [-0.1, -0.05) is 26.0 Å². The van der Waals surface area contributed by atoms with Crippen LogP contribution in [-0.2, 0) is 14.8 Å². The Hall–Kier alpha value is -1.99. The minimum atomic E-state index is -3.97. The predicted molar refractivity (Wildman–Crippen MR) is 85.6 cm³/mol. The second-order valence-corrected chi connectivity index (χ2v) is 8.28. The highest BCUT2D eigenvalue weighted by Crippen LogP contribution is 2.56. The molecule has 0 saturated heterocycles. The summed E-state index contributed by atoms with van der Waals surface area (Å²) >= 11 is 0. The number of benzene rings is 1. The number of hydrogen-bond acceptors (Lipinski definition) is 4. The summed E-state index contributed by atoms with van der Waals surface area (Å²) in [5.41, 5.74) is -1.34. The van der Waals surface area contributed by atoms with E-state index in [1.807, 2.05) is 0 Å². The van der Waals surface area contributed by atoms with E-state index in [-0.39, 0.29) is 11.3 Å². The van der Waals surface area contributed by atoms with Crippen molar-refractivity contribution in [3.63, 3.8) is 0 Å². The van der Waals surface area contributed by atoms with E-state index in [0.717, 1.165) is 11.1 Å². The first-order chi connectivity index (χ1) is 10.6. The molecule has 0 radical (unpaired) electrons. The van der Waals surface area contributed by atoms with E-state index in [9.17, 15) is 18.3 Å². The van der Waals surface area contributed by atoms with Crippen molar-refractivity contribution in [2.45, 2.75) is 37.6 Å². The molecule has 1 aliphatic carbocycles. The predicted octanol–water partition coefficient (Wildman–Crippen LogP) is 2.07. The Morgan fingerprint density at radius 1 is 1.26 bits per heavy atom. The van der Waals surface area contributed by atoms with Crippen LogP contribution in [0.2, 0.25) is 0 Å². The number of pyridine rings is 1. The maximum atomic E-state index is 12.8. The van der Waals surface area contributed by atoms with Crippen LogP contribution in [0.25, 0.3) is 10.8 Å². The highest BCUT2D eigenvalue weighted by Gasteiger charge is 2.68. The van der Waals surface area contributed by atoms with Gasteiger partial charge in [-0.3, -0.25) is 9.78 Å². The highest BCUT2D eigenvalue weighted by molar-refractivity contribution is 7.89. The van der Waals surface area contributed by atoms with E-state index in [2.05, 4.69) is 9.71 Å². The lowest BCUT2D eigenvalue weighted by atomic mass is 10.1. The van der Waals surface area contributed by atoms with Crippen LogP contribution in [0.4, 0.5) is 0 Å². The van der Waals surface area contributed by atoms with Gasteiger partial charge in [0.1, 0.15) is 5.54 Å². The average Bonchev–Trinajstić information content (AvgIpc) is 3.00. The molecule has 0 aliphatic heterocycles. The summed E-state index contributed by atoms with van der Waals surface area (Å²) in [4.78, 5) is 15.8. The molecule has 0 spiro atoms. The number of sulfonamides is 1. The van der Waals surface area contributed by atoms with Gasteiger partial charge < -0.3 is 5.11 Å². The molecule has 122 valence electrons. The van der Waals surface area contributed by atoms with Gasteiger partial charge in [0.15, 0.2) is 0 Å². The summed E-state index contributed by atoms with van der Waals surface area (Å²) < 4.78 is 28.0. The van der Waals surface area contributed by atoms with E-state index < -0.39 is 26.9 Å². The standard InChI is InChI=1S/C16H18N2O4S/c1-10-11-5-4-6-13(12(11)7-8-17-10)23(21,22)18-16(14(19)20)9-15(16,2)3/h4-8,18H,9H2,1-3H3,(H,19,20). The zero-order valence-corrected chi connectivity index (χ0v) is 13.9. The summed E-state index contributed by atoms with van der Waals surface area (Å²) in [7, 11) is -3.97. The molecule has 7 heteroatoms. The van der Waals surface area contributed by atoms with Crippen molar-refractivity contribution in [2.75, 3.05) is 0 Å². The number of nitrogens with zero attached hydrogens (tertiary/aromatic N) is 1. The van der Waals surface area contributed by atoms with Crippen molar-refractivity contribution in [2.24, 2.45) is 5.41 Å². The molecule has 0 bridgehead atoms. The van der Waals surface area contributed by atoms with Crippen molar-refractivity contribution in [1.82, 2.24) is 9.71 Å². The summed E-state index contributed by atoms with van der Waals surface area (Å²) in [6.45, 7) is 5.27. The van der Waals surface area contributed by atoms with Crippen LogP contribution in [0.15, 0.2) is 35.4 Å².